The summed E-state index contributed by atoms with van der Waals surface area (Å²) >= 11 is 7.35. The fraction of sp³-hybridized carbons (Fsp3) is 0.0667. The first-order chi connectivity index (χ1) is 9.65. The Labute approximate surface area is 124 Å². The molecule has 0 radical (unpaired) electrons. The smallest absolute Gasteiger partial charge is 0.313 e. The van der Waals surface area contributed by atoms with Crippen molar-refractivity contribution in [2.24, 2.45) is 0 Å². The van der Waals surface area contributed by atoms with Gasteiger partial charge in [0.1, 0.15) is 0 Å². The van der Waals surface area contributed by atoms with Crippen LogP contribution in [0.15, 0.2) is 47.4 Å². The van der Waals surface area contributed by atoms with Gasteiger partial charge in [0.2, 0.25) is 0 Å². The highest BCUT2D eigenvalue weighted by Crippen LogP contribution is 2.35. The minimum Gasteiger partial charge on any atom is -0.481 e. The van der Waals surface area contributed by atoms with Gasteiger partial charge in [-0.05, 0) is 24.3 Å². The summed E-state index contributed by atoms with van der Waals surface area (Å²) in [6, 6.07) is 13.2. The van der Waals surface area contributed by atoms with Crippen molar-refractivity contribution in [2.45, 2.75) is 4.90 Å². The van der Waals surface area contributed by atoms with Crippen LogP contribution in [0.25, 0.3) is 21.8 Å². The Balaban J connectivity index is 2.32. The third kappa shape index (κ3) is 2.44. The number of aromatic nitrogens is 1. The van der Waals surface area contributed by atoms with Crippen molar-refractivity contribution in [3.63, 3.8) is 0 Å². The molecule has 1 N–H and O–H groups in total. The highest BCUT2D eigenvalue weighted by atomic mass is 35.5. The number of halogens is 1. The summed E-state index contributed by atoms with van der Waals surface area (Å²) in [5.41, 5.74) is 1.68. The largest absolute Gasteiger partial charge is 0.481 e. The minimum absolute atomic E-state index is 0.00954. The van der Waals surface area contributed by atoms with E-state index in [2.05, 4.69) is 4.98 Å². The van der Waals surface area contributed by atoms with Crippen LogP contribution in [0.3, 0.4) is 0 Å². The lowest BCUT2D eigenvalue weighted by Crippen LogP contribution is -1.98. The van der Waals surface area contributed by atoms with Crippen molar-refractivity contribution >= 4 is 51.1 Å². The van der Waals surface area contributed by atoms with Crippen LogP contribution in [0, 0.1) is 0 Å². The molecule has 0 saturated heterocycles. The van der Waals surface area contributed by atoms with E-state index in [-0.39, 0.29) is 5.75 Å². The third-order valence-electron chi connectivity index (χ3n) is 2.93. The molecule has 0 atom stereocenters. The van der Waals surface area contributed by atoms with Crippen LogP contribution in [-0.4, -0.2) is 21.8 Å². The van der Waals surface area contributed by atoms with Crippen LogP contribution < -0.4 is 0 Å². The molecule has 2 aromatic carbocycles. The number of fused-ring (bicyclic) bond motifs is 2. The molecular formula is C15H10ClNO2S. The molecule has 100 valence electrons. The first kappa shape index (κ1) is 13.2. The van der Waals surface area contributed by atoms with Gasteiger partial charge in [-0.1, -0.05) is 29.8 Å². The van der Waals surface area contributed by atoms with Gasteiger partial charge in [-0.15, -0.1) is 11.8 Å². The highest BCUT2D eigenvalue weighted by Gasteiger charge is 2.11. The molecule has 0 bridgehead atoms. The zero-order valence-corrected chi connectivity index (χ0v) is 11.9. The second kappa shape index (κ2) is 5.31. The fourth-order valence-electron chi connectivity index (χ4n) is 2.12. The SMILES string of the molecule is O=C(O)CSc1c2ccccc2nc2ccc(Cl)cc12. The Bertz CT molecular complexity index is 819. The number of carbonyl (C=O) groups is 1. The van der Waals surface area contributed by atoms with Crippen LogP contribution in [0.5, 0.6) is 0 Å². The van der Waals surface area contributed by atoms with E-state index in [1.807, 2.05) is 36.4 Å². The standard InChI is InChI=1S/C15H10ClNO2S/c16-9-5-6-13-11(7-9)15(20-8-14(18)19)10-3-1-2-4-12(10)17-13/h1-7H,8H2,(H,18,19). The number of carboxylic acids is 1. The van der Waals surface area contributed by atoms with E-state index in [1.54, 1.807) is 6.07 Å². The van der Waals surface area contributed by atoms with Crippen molar-refractivity contribution in [1.82, 2.24) is 4.98 Å². The molecule has 0 aliphatic rings. The topological polar surface area (TPSA) is 50.2 Å². The molecule has 0 unspecified atom stereocenters. The number of nitrogens with zero attached hydrogens (tertiary/aromatic N) is 1. The number of pyridine rings is 1. The van der Waals surface area contributed by atoms with E-state index in [9.17, 15) is 4.79 Å². The van der Waals surface area contributed by atoms with Crippen LogP contribution in [0.2, 0.25) is 5.02 Å². The molecule has 3 rings (SSSR count). The Morgan fingerprint density at radius 2 is 1.90 bits per heavy atom. The molecule has 0 aliphatic carbocycles. The lowest BCUT2D eigenvalue weighted by Gasteiger charge is -2.09. The molecule has 0 fully saturated rings. The first-order valence-electron chi connectivity index (χ1n) is 5.98. The van der Waals surface area contributed by atoms with Crippen molar-refractivity contribution in [1.29, 1.82) is 0 Å². The lowest BCUT2D eigenvalue weighted by molar-refractivity contribution is -0.133. The molecule has 0 spiro atoms. The first-order valence-corrected chi connectivity index (χ1v) is 7.34. The van der Waals surface area contributed by atoms with Crippen LogP contribution in [0.1, 0.15) is 0 Å². The molecule has 0 saturated carbocycles. The van der Waals surface area contributed by atoms with E-state index in [4.69, 9.17) is 16.7 Å². The fourth-order valence-corrected chi connectivity index (χ4v) is 3.20. The molecular weight excluding hydrogens is 294 g/mol. The molecule has 3 aromatic rings. The number of thioether (sulfide) groups is 1. The Hall–Kier alpha value is -1.78. The normalized spacial score (nSPS) is 11.1. The summed E-state index contributed by atoms with van der Waals surface area (Å²) < 4.78 is 0. The van der Waals surface area contributed by atoms with Gasteiger partial charge >= 0.3 is 5.97 Å². The van der Waals surface area contributed by atoms with Gasteiger partial charge in [-0.2, -0.15) is 0 Å². The van der Waals surface area contributed by atoms with E-state index in [0.29, 0.717) is 5.02 Å². The Kier molecular flexibility index (Phi) is 3.51. The summed E-state index contributed by atoms with van der Waals surface area (Å²) in [5, 5.41) is 11.4. The second-order valence-electron chi connectivity index (χ2n) is 4.30. The zero-order valence-electron chi connectivity index (χ0n) is 10.3. The quantitative estimate of drug-likeness (QED) is 0.581. The van der Waals surface area contributed by atoms with E-state index >= 15 is 0 Å². The average Bonchev–Trinajstić information content (AvgIpc) is 2.43. The summed E-state index contributed by atoms with van der Waals surface area (Å²) in [4.78, 5) is 16.3. The Morgan fingerprint density at radius 3 is 2.70 bits per heavy atom. The maximum atomic E-state index is 10.8. The van der Waals surface area contributed by atoms with Crippen molar-refractivity contribution in [3.05, 3.63) is 47.5 Å². The second-order valence-corrected chi connectivity index (χ2v) is 5.72. The molecule has 0 amide bonds. The maximum absolute atomic E-state index is 10.8. The third-order valence-corrected chi connectivity index (χ3v) is 4.29. The molecule has 5 heteroatoms. The van der Waals surface area contributed by atoms with Crippen molar-refractivity contribution in [2.75, 3.05) is 5.75 Å². The predicted molar refractivity (Wildman–Crippen MR) is 82.6 cm³/mol. The van der Waals surface area contributed by atoms with Gasteiger partial charge in [0, 0.05) is 20.7 Å². The number of carboxylic acid groups (broad SMARTS) is 1. The van der Waals surface area contributed by atoms with Gasteiger partial charge in [-0.25, -0.2) is 4.98 Å². The average molecular weight is 304 g/mol. The number of hydrogen-bond donors (Lipinski definition) is 1. The summed E-state index contributed by atoms with van der Waals surface area (Å²) in [6.45, 7) is 0. The van der Waals surface area contributed by atoms with Crippen molar-refractivity contribution in [3.8, 4) is 0 Å². The van der Waals surface area contributed by atoms with Crippen LogP contribution in [-0.2, 0) is 4.79 Å². The molecule has 20 heavy (non-hydrogen) atoms. The number of para-hydroxylation sites is 1. The molecule has 3 nitrogen and oxygen atoms in total. The predicted octanol–water partition coefficient (Wildman–Crippen LogP) is 4.22. The number of rotatable bonds is 3. The molecule has 1 aromatic heterocycles. The number of aliphatic carboxylic acids is 1. The van der Waals surface area contributed by atoms with Gasteiger partial charge in [0.05, 0.1) is 16.8 Å². The summed E-state index contributed by atoms with van der Waals surface area (Å²) in [5.74, 6) is -0.832. The zero-order chi connectivity index (χ0) is 14.1. The monoisotopic (exact) mass is 303 g/mol. The van der Waals surface area contributed by atoms with Crippen LogP contribution in [0.4, 0.5) is 0 Å². The van der Waals surface area contributed by atoms with Gasteiger partial charge in [0.25, 0.3) is 0 Å². The maximum Gasteiger partial charge on any atom is 0.313 e. The minimum atomic E-state index is -0.842. The van der Waals surface area contributed by atoms with E-state index in [1.165, 1.54) is 11.8 Å². The Morgan fingerprint density at radius 1 is 1.15 bits per heavy atom. The summed E-state index contributed by atoms with van der Waals surface area (Å²) in [7, 11) is 0. The lowest BCUT2D eigenvalue weighted by atomic mass is 10.1. The van der Waals surface area contributed by atoms with Crippen LogP contribution >= 0.6 is 23.4 Å². The highest BCUT2D eigenvalue weighted by molar-refractivity contribution is 8.00. The van der Waals surface area contributed by atoms with Gasteiger partial charge in [0.15, 0.2) is 0 Å². The summed E-state index contributed by atoms with van der Waals surface area (Å²) in [6.07, 6.45) is 0. The molecule has 1 heterocycles. The van der Waals surface area contributed by atoms with Gasteiger partial charge in [-0.3, -0.25) is 4.79 Å². The van der Waals surface area contributed by atoms with E-state index in [0.717, 1.165) is 26.7 Å². The number of benzene rings is 2. The van der Waals surface area contributed by atoms with Gasteiger partial charge < -0.3 is 5.11 Å². The van der Waals surface area contributed by atoms with Crippen molar-refractivity contribution < 1.29 is 9.90 Å². The molecule has 0 aliphatic heterocycles. The number of hydrogen-bond acceptors (Lipinski definition) is 3. The van der Waals surface area contributed by atoms with E-state index < -0.39 is 5.97 Å².